The van der Waals surface area contributed by atoms with Crippen molar-refractivity contribution in [3.8, 4) is 17.2 Å². The zero-order valence-electron chi connectivity index (χ0n) is 19.1. The summed E-state index contributed by atoms with van der Waals surface area (Å²) in [4.78, 5) is 9.44. The third-order valence-electron chi connectivity index (χ3n) is 4.44. The molecule has 0 radical (unpaired) electrons. The fourth-order valence-corrected chi connectivity index (χ4v) is 3.82. The van der Waals surface area contributed by atoms with E-state index < -0.39 is 0 Å². The number of benzene rings is 1. The smallest absolute Gasteiger partial charge is 0.203 e. The minimum absolute atomic E-state index is 0.0824. The second kappa shape index (κ2) is 11.1. The summed E-state index contributed by atoms with van der Waals surface area (Å²) in [7, 11) is 4.82. The SMILES string of the molecule is CCNC(=NCc1cc(OC)c(OC)c(OC)c1)NCCc1nc(C(C)(C)C)cs1. The van der Waals surface area contributed by atoms with Crippen LogP contribution >= 0.6 is 11.3 Å². The number of nitrogens with zero attached hydrogens (tertiary/aromatic N) is 2. The standard InChI is InChI=1S/C22H34N4O3S/c1-8-23-21(24-10-9-19-26-18(14-30-19)22(2,3)4)25-13-15-11-16(27-5)20(29-7)17(12-15)28-6/h11-12,14H,8-10,13H2,1-7H3,(H2,23,24,25). The van der Waals surface area contributed by atoms with Gasteiger partial charge in [0.2, 0.25) is 5.75 Å². The molecule has 0 spiro atoms. The maximum Gasteiger partial charge on any atom is 0.203 e. The van der Waals surface area contributed by atoms with Gasteiger partial charge in [-0.1, -0.05) is 20.8 Å². The molecule has 0 unspecified atom stereocenters. The van der Waals surface area contributed by atoms with Crippen LogP contribution in [0.1, 0.15) is 44.0 Å². The Morgan fingerprint density at radius 2 is 1.73 bits per heavy atom. The number of aromatic nitrogens is 1. The monoisotopic (exact) mass is 434 g/mol. The van der Waals surface area contributed by atoms with E-state index >= 15 is 0 Å². The van der Waals surface area contributed by atoms with E-state index in [4.69, 9.17) is 24.2 Å². The molecule has 0 atom stereocenters. The van der Waals surface area contributed by atoms with Crippen molar-refractivity contribution in [2.45, 2.75) is 46.1 Å². The maximum atomic E-state index is 5.42. The van der Waals surface area contributed by atoms with Crippen molar-refractivity contribution < 1.29 is 14.2 Å². The number of hydrogen-bond donors (Lipinski definition) is 2. The first kappa shape index (κ1) is 23.8. The highest BCUT2D eigenvalue weighted by molar-refractivity contribution is 7.09. The van der Waals surface area contributed by atoms with Crippen LogP contribution in [0.25, 0.3) is 0 Å². The molecule has 1 heterocycles. The fraction of sp³-hybridized carbons (Fsp3) is 0.545. The quantitative estimate of drug-likeness (QED) is 0.462. The van der Waals surface area contributed by atoms with Crippen LogP contribution in [0.5, 0.6) is 17.2 Å². The first-order valence-corrected chi connectivity index (χ1v) is 11.0. The molecule has 8 heteroatoms. The highest BCUT2D eigenvalue weighted by atomic mass is 32.1. The van der Waals surface area contributed by atoms with E-state index in [1.54, 1.807) is 32.7 Å². The van der Waals surface area contributed by atoms with Crippen LogP contribution in [0, 0.1) is 0 Å². The molecule has 0 bridgehead atoms. The van der Waals surface area contributed by atoms with Gasteiger partial charge in [0.25, 0.3) is 0 Å². The molecule has 7 nitrogen and oxygen atoms in total. The van der Waals surface area contributed by atoms with Crippen LogP contribution in [0.3, 0.4) is 0 Å². The number of hydrogen-bond acceptors (Lipinski definition) is 6. The number of guanidine groups is 1. The van der Waals surface area contributed by atoms with Crippen molar-refractivity contribution in [3.63, 3.8) is 0 Å². The molecule has 2 aromatic rings. The Morgan fingerprint density at radius 1 is 1.07 bits per heavy atom. The molecule has 0 saturated carbocycles. The third kappa shape index (κ3) is 6.52. The molecule has 2 rings (SSSR count). The van der Waals surface area contributed by atoms with Crippen LogP contribution in [0.15, 0.2) is 22.5 Å². The molecule has 0 fully saturated rings. The maximum absolute atomic E-state index is 5.42. The van der Waals surface area contributed by atoms with Crippen LogP contribution in [0.4, 0.5) is 0 Å². The Bertz CT molecular complexity index is 818. The molecule has 0 aliphatic heterocycles. The molecule has 0 amide bonds. The molecule has 0 aliphatic carbocycles. The Labute approximate surface area is 183 Å². The summed E-state index contributed by atoms with van der Waals surface area (Å²) in [6, 6.07) is 3.83. The molecule has 0 aliphatic rings. The molecule has 0 saturated heterocycles. The number of nitrogens with one attached hydrogen (secondary N) is 2. The van der Waals surface area contributed by atoms with Crippen molar-refractivity contribution in [1.82, 2.24) is 15.6 Å². The second-order valence-electron chi connectivity index (χ2n) is 7.78. The second-order valence-corrected chi connectivity index (χ2v) is 8.72. The molecule has 2 N–H and O–H groups in total. The zero-order chi connectivity index (χ0) is 22.1. The number of rotatable bonds is 9. The van der Waals surface area contributed by atoms with Gasteiger partial charge in [-0.15, -0.1) is 11.3 Å². The lowest BCUT2D eigenvalue weighted by atomic mass is 9.93. The van der Waals surface area contributed by atoms with Gasteiger partial charge >= 0.3 is 0 Å². The zero-order valence-corrected chi connectivity index (χ0v) is 19.9. The summed E-state index contributed by atoms with van der Waals surface area (Å²) in [5.41, 5.74) is 2.20. The van der Waals surface area contributed by atoms with Crippen molar-refractivity contribution in [3.05, 3.63) is 33.8 Å². The average molecular weight is 435 g/mol. The van der Waals surface area contributed by atoms with Crippen molar-refractivity contribution in [2.75, 3.05) is 34.4 Å². The highest BCUT2D eigenvalue weighted by Crippen LogP contribution is 2.38. The Balaban J connectivity index is 2.03. The van der Waals surface area contributed by atoms with Crippen LogP contribution in [-0.2, 0) is 18.4 Å². The van der Waals surface area contributed by atoms with Gasteiger partial charge in [0.15, 0.2) is 17.5 Å². The van der Waals surface area contributed by atoms with E-state index in [-0.39, 0.29) is 5.41 Å². The summed E-state index contributed by atoms with van der Waals surface area (Å²) >= 11 is 1.71. The van der Waals surface area contributed by atoms with E-state index in [2.05, 4.69) is 36.8 Å². The van der Waals surface area contributed by atoms with Gasteiger partial charge in [0.1, 0.15) is 0 Å². The van der Waals surface area contributed by atoms with E-state index in [9.17, 15) is 0 Å². The van der Waals surface area contributed by atoms with Crippen LogP contribution in [0.2, 0.25) is 0 Å². The van der Waals surface area contributed by atoms with Gasteiger partial charge in [0.05, 0.1) is 38.6 Å². The average Bonchev–Trinajstić information content (AvgIpc) is 3.20. The van der Waals surface area contributed by atoms with Crippen molar-refractivity contribution in [2.24, 2.45) is 4.99 Å². The molecule has 1 aromatic carbocycles. The van der Waals surface area contributed by atoms with Gasteiger partial charge in [-0.2, -0.15) is 0 Å². The number of thiazole rings is 1. The fourth-order valence-electron chi connectivity index (χ4n) is 2.80. The van der Waals surface area contributed by atoms with Crippen LogP contribution in [-0.4, -0.2) is 45.4 Å². The molecule has 30 heavy (non-hydrogen) atoms. The lowest BCUT2D eigenvalue weighted by Crippen LogP contribution is -2.38. The summed E-state index contributed by atoms with van der Waals surface area (Å²) in [6.45, 7) is 10.6. The van der Waals surface area contributed by atoms with Gasteiger partial charge in [-0.3, -0.25) is 0 Å². The molecule has 1 aromatic heterocycles. The number of aliphatic imine (C=N–C) groups is 1. The van der Waals surface area contributed by atoms with Crippen molar-refractivity contribution >= 4 is 17.3 Å². The molecule has 166 valence electrons. The normalized spacial score (nSPS) is 11.9. The minimum Gasteiger partial charge on any atom is -0.493 e. The lowest BCUT2D eigenvalue weighted by Gasteiger charge is -2.15. The Kier molecular flexibility index (Phi) is 8.77. The van der Waals surface area contributed by atoms with Gasteiger partial charge < -0.3 is 24.8 Å². The van der Waals surface area contributed by atoms with E-state index in [0.717, 1.165) is 41.7 Å². The highest BCUT2D eigenvalue weighted by Gasteiger charge is 2.17. The minimum atomic E-state index is 0.0824. The van der Waals surface area contributed by atoms with Crippen LogP contribution < -0.4 is 24.8 Å². The summed E-state index contributed by atoms with van der Waals surface area (Å²) in [6.07, 6.45) is 0.856. The Morgan fingerprint density at radius 3 is 2.23 bits per heavy atom. The first-order valence-electron chi connectivity index (χ1n) is 10.1. The summed E-state index contributed by atoms with van der Waals surface area (Å²) in [5, 5.41) is 9.95. The van der Waals surface area contributed by atoms with E-state index in [1.807, 2.05) is 19.1 Å². The predicted octanol–water partition coefficient (Wildman–Crippen LogP) is 3.76. The first-order chi connectivity index (χ1) is 14.3. The topological polar surface area (TPSA) is 77.0 Å². The lowest BCUT2D eigenvalue weighted by molar-refractivity contribution is 0.324. The van der Waals surface area contributed by atoms with E-state index in [0.29, 0.717) is 23.8 Å². The number of methoxy groups -OCH3 is 3. The predicted molar refractivity (Wildman–Crippen MR) is 123 cm³/mol. The van der Waals surface area contributed by atoms with E-state index in [1.165, 1.54) is 0 Å². The molecular formula is C22H34N4O3S. The number of ether oxygens (including phenoxy) is 3. The summed E-state index contributed by atoms with van der Waals surface area (Å²) in [5.74, 6) is 2.59. The Hall–Kier alpha value is -2.48. The summed E-state index contributed by atoms with van der Waals surface area (Å²) < 4.78 is 16.2. The van der Waals surface area contributed by atoms with Gasteiger partial charge in [-0.05, 0) is 24.6 Å². The van der Waals surface area contributed by atoms with Gasteiger partial charge in [0, 0.05) is 30.3 Å². The van der Waals surface area contributed by atoms with Crippen molar-refractivity contribution in [1.29, 1.82) is 0 Å². The third-order valence-corrected chi connectivity index (χ3v) is 5.35. The largest absolute Gasteiger partial charge is 0.493 e. The molecular weight excluding hydrogens is 400 g/mol. The van der Waals surface area contributed by atoms with Gasteiger partial charge in [-0.25, -0.2) is 9.98 Å².